The van der Waals surface area contributed by atoms with Crippen molar-refractivity contribution in [1.82, 2.24) is 14.7 Å². The molecule has 2 amide bonds. The van der Waals surface area contributed by atoms with E-state index in [-0.39, 0.29) is 25.2 Å². The van der Waals surface area contributed by atoms with Gasteiger partial charge in [0.1, 0.15) is 0 Å². The molecule has 3 heterocycles. The molecule has 0 bridgehead atoms. The third-order valence-corrected chi connectivity index (χ3v) is 8.99. The van der Waals surface area contributed by atoms with Gasteiger partial charge in [0.05, 0.1) is 47.3 Å². The number of carbonyl (C=O) groups is 3. The van der Waals surface area contributed by atoms with Crippen molar-refractivity contribution in [3.63, 3.8) is 0 Å². The van der Waals surface area contributed by atoms with Crippen LogP contribution in [0.4, 0.5) is 0 Å². The predicted octanol–water partition coefficient (Wildman–Crippen LogP) is 3.02. The summed E-state index contributed by atoms with van der Waals surface area (Å²) in [6.45, 7) is 6.27. The maximum Gasteiger partial charge on any atom is 0.308 e. The van der Waals surface area contributed by atoms with Crippen LogP contribution in [0, 0.1) is 5.92 Å². The highest BCUT2D eigenvalue weighted by Crippen LogP contribution is 2.47. The van der Waals surface area contributed by atoms with Crippen LogP contribution in [0.3, 0.4) is 0 Å². The standard InChI is InChI=1S/C32H50N4O7/c1-6-7-13-33(15-10-17-36(2,3)4)29(38)21-35-20-24(23-18-26(41-5)31-27(19-23)42-22-43-31)30(32(39)40)25(35)12-16-34-14-9-8-11-28(34)37/h18-19,24-25,30H,6-17,20-22H2,1-5H3/p+1. The molecule has 1 aromatic carbocycles. The molecule has 0 aliphatic carbocycles. The number of amides is 2. The summed E-state index contributed by atoms with van der Waals surface area (Å²) in [5, 5.41) is 10.6. The van der Waals surface area contributed by atoms with Crippen LogP contribution in [-0.4, -0.2) is 129 Å². The molecule has 0 spiro atoms. The second kappa shape index (κ2) is 14.6. The Morgan fingerprint density at radius 1 is 1.14 bits per heavy atom. The number of aliphatic carboxylic acids is 1. The monoisotopic (exact) mass is 603 g/mol. The molecule has 1 aromatic rings. The SMILES string of the molecule is CCCCN(CCC[N+](C)(C)C)C(=O)CN1CC(c2cc(OC)c3c(c2)OCO3)C(C(=O)O)C1CCN1CCCCC1=O. The summed E-state index contributed by atoms with van der Waals surface area (Å²) in [5.41, 5.74) is 0.785. The number of quaternary nitrogens is 1. The topological polar surface area (TPSA) is 109 Å². The van der Waals surface area contributed by atoms with Crippen molar-refractivity contribution in [2.75, 3.05) is 80.9 Å². The van der Waals surface area contributed by atoms with Gasteiger partial charge >= 0.3 is 5.97 Å². The number of benzene rings is 1. The van der Waals surface area contributed by atoms with E-state index in [1.165, 1.54) is 0 Å². The molecule has 3 unspecified atom stereocenters. The van der Waals surface area contributed by atoms with Crippen LogP contribution in [0.1, 0.15) is 63.4 Å². The number of nitrogens with zero attached hydrogens (tertiary/aromatic N) is 4. The van der Waals surface area contributed by atoms with E-state index in [0.29, 0.717) is 62.8 Å². The Labute approximate surface area is 256 Å². The summed E-state index contributed by atoms with van der Waals surface area (Å²) < 4.78 is 17.6. The average Bonchev–Trinajstić information content (AvgIpc) is 3.58. The van der Waals surface area contributed by atoms with Crippen LogP contribution in [0.2, 0.25) is 0 Å². The van der Waals surface area contributed by atoms with E-state index in [9.17, 15) is 19.5 Å². The molecule has 2 fully saturated rings. The number of carboxylic acid groups (broad SMARTS) is 1. The van der Waals surface area contributed by atoms with Gasteiger partial charge in [0.2, 0.25) is 24.4 Å². The summed E-state index contributed by atoms with van der Waals surface area (Å²) in [7, 11) is 8.00. The molecule has 0 saturated carbocycles. The number of carbonyl (C=O) groups excluding carboxylic acids is 2. The zero-order chi connectivity index (χ0) is 31.1. The maximum atomic E-state index is 13.8. The molecule has 1 N–H and O–H groups in total. The quantitative estimate of drug-likeness (QED) is 0.305. The van der Waals surface area contributed by atoms with Gasteiger partial charge in [0.15, 0.2) is 11.5 Å². The van der Waals surface area contributed by atoms with Crippen molar-refractivity contribution in [2.24, 2.45) is 5.92 Å². The highest BCUT2D eigenvalue weighted by atomic mass is 16.7. The minimum absolute atomic E-state index is 0.0296. The minimum atomic E-state index is -0.905. The summed E-state index contributed by atoms with van der Waals surface area (Å²) in [6, 6.07) is 3.28. The first-order valence-corrected chi connectivity index (χ1v) is 15.8. The lowest BCUT2D eigenvalue weighted by atomic mass is 9.84. The molecular weight excluding hydrogens is 552 g/mol. The van der Waals surface area contributed by atoms with Crippen LogP contribution in [0.5, 0.6) is 17.2 Å². The van der Waals surface area contributed by atoms with Crippen LogP contribution in [-0.2, 0) is 14.4 Å². The third-order valence-electron chi connectivity index (χ3n) is 8.99. The van der Waals surface area contributed by atoms with E-state index < -0.39 is 23.8 Å². The molecule has 3 aliphatic heterocycles. The number of methoxy groups -OCH3 is 1. The fraction of sp³-hybridized carbons (Fsp3) is 0.719. The molecule has 3 atom stereocenters. The Balaban J connectivity index is 1.60. The van der Waals surface area contributed by atoms with Gasteiger partial charge in [0.25, 0.3) is 0 Å². The second-order valence-corrected chi connectivity index (χ2v) is 13.2. The average molecular weight is 604 g/mol. The second-order valence-electron chi connectivity index (χ2n) is 13.2. The van der Waals surface area contributed by atoms with Crippen molar-refractivity contribution in [3.8, 4) is 17.2 Å². The van der Waals surface area contributed by atoms with E-state index in [2.05, 4.69) is 33.0 Å². The van der Waals surface area contributed by atoms with Gasteiger partial charge < -0.3 is 33.6 Å². The van der Waals surface area contributed by atoms with Crippen LogP contribution < -0.4 is 14.2 Å². The number of carboxylic acids is 1. The molecule has 11 heteroatoms. The molecule has 240 valence electrons. The number of fused-ring (bicyclic) bond motifs is 1. The zero-order valence-corrected chi connectivity index (χ0v) is 26.7. The van der Waals surface area contributed by atoms with Crippen molar-refractivity contribution in [2.45, 2.75) is 63.8 Å². The van der Waals surface area contributed by atoms with Gasteiger partial charge in [0, 0.05) is 57.5 Å². The Kier molecular flexibility index (Phi) is 11.2. The highest BCUT2D eigenvalue weighted by Gasteiger charge is 2.48. The third kappa shape index (κ3) is 8.32. The molecule has 0 radical (unpaired) electrons. The first kappa shape index (κ1) is 32.9. The fourth-order valence-electron chi connectivity index (χ4n) is 6.66. The van der Waals surface area contributed by atoms with Crippen molar-refractivity contribution in [1.29, 1.82) is 0 Å². The lowest BCUT2D eigenvalue weighted by molar-refractivity contribution is -0.870. The number of ether oxygens (including phenoxy) is 3. The van der Waals surface area contributed by atoms with E-state index in [0.717, 1.165) is 48.7 Å². The number of unbranched alkanes of at least 4 members (excludes halogenated alkanes) is 1. The van der Waals surface area contributed by atoms with Crippen LogP contribution in [0.25, 0.3) is 0 Å². The van der Waals surface area contributed by atoms with Gasteiger partial charge in [-0.05, 0) is 43.4 Å². The van der Waals surface area contributed by atoms with Crippen molar-refractivity contribution in [3.05, 3.63) is 17.7 Å². The number of rotatable bonds is 15. The van der Waals surface area contributed by atoms with Crippen molar-refractivity contribution >= 4 is 17.8 Å². The number of likely N-dealkylation sites (tertiary alicyclic amines) is 2. The predicted molar refractivity (Wildman–Crippen MR) is 162 cm³/mol. The van der Waals surface area contributed by atoms with Gasteiger partial charge in [-0.1, -0.05) is 13.3 Å². The van der Waals surface area contributed by atoms with E-state index in [1.807, 2.05) is 21.9 Å². The summed E-state index contributed by atoms with van der Waals surface area (Å²) >= 11 is 0. The van der Waals surface area contributed by atoms with E-state index >= 15 is 0 Å². The van der Waals surface area contributed by atoms with Gasteiger partial charge in [-0.3, -0.25) is 19.3 Å². The Morgan fingerprint density at radius 3 is 2.58 bits per heavy atom. The van der Waals surface area contributed by atoms with E-state index in [4.69, 9.17) is 14.2 Å². The largest absolute Gasteiger partial charge is 0.493 e. The van der Waals surface area contributed by atoms with Gasteiger partial charge in [-0.25, -0.2) is 0 Å². The first-order chi connectivity index (χ1) is 20.5. The Bertz CT molecular complexity index is 1140. The lowest BCUT2D eigenvalue weighted by Crippen LogP contribution is -2.47. The van der Waals surface area contributed by atoms with Crippen molar-refractivity contribution < 1.29 is 38.2 Å². The van der Waals surface area contributed by atoms with Crippen LogP contribution in [0.15, 0.2) is 12.1 Å². The first-order valence-electron chi connectivity index (χ1n) is 15.8. The smallest absolute Gasteiger partial charge is 0.308 e. The molecule has 3 aliphatic rings. The minimum Gasteiger partial charge on any atom is -0.493 e. The molecule has 43 heavy (non-hydrogen) atoms. The normalized spacial score (nSPS) is 22.2. The highest BCUT2D eigenvalue weighted by molar-refractivity contribution is 5.79. The Morgan fingerprint density at radius 2 is 1.91 bits per heavy atom. The lowest BCUT2D eigenvalue weighted by Gasteiger charge is -2.33. The summed E-state index contributed by atoms with van der Waals surface area (Å²) in [5.74, 6) is -0.353. The van der Waals surface area contributed by atoms with Crippen LogP contribution >= 0.6 is 0 Å². The van der Waals surface area contributed by atoms with Gasteiger partial charge in [-0.2, -0.15) is 0 Å². The Hall–Kier alpha value is -3.05. The molecule has 0 aromatic heterocycles. The maximum absolute atomic E-state index is 13.8. The number of hydrogen-bond donors (Lipinski definition) is 1. The molecular formula is C32H51N4O7+. The number of piperidine rings is 1. The number of hydrogen-bond acceptors (Lipinski definition) is 7. The van der Waals surface area contributed by atoms with E-state index in [1.54, 1.807) is 7.11 Å². The molecule has 2 saturated heterocycles. The fourth-order valence-corrected chi connectivity index (χ4v) is 6.66. The summed E-state index contributed by atoms with van der Waals surface area (Å²) in [4.78, 5) is 45.3. The molecule has 4 rings (SSSR count). The van der Waals surface area contributed by atoms with Gasteiger partial charge in [-0.15, -0.1) is 0 Å². The molecule has 11 nitrogen and oxygen atoms in total. The zero-order valence-electron chi connectivity index (χ0n) is 26.7. The summed E-state index contributed by atoms with van der Waals surface area (Å²) in [6.07, 6.45) is 5.70.